The van der Waals surface area contributed by atoms with Crippen LogP contribution in [0, 0.1) is 0 Å². The summed E-state index contributed by atoms with van der Waals surface area (Å²) in [5, 5.41) is 0. The minimum Gasteiger partial charge on any atom is -0.399 e. The van der Waals surface area contributed by atoms with Crippen LogP contribution in [0.4, 0.5) is 34.1 Å². The highest BCUT2D eigenvalue weighted by Crippen LogP contribution is 2.16. The molecule has 6 aromatic carbocycles. The molecule has 0 amide bonds. The van der Waals surface area contributed by atoms with Crippen molar-refractivity contribution >= 4 is 34.1 Å². The van der Waals surface area contributed by atoms with Crippen LogP contribution in [-0.2, 0) is 19.3 Å². The summed E-state index contributed by atoms with van der Waals surface area (Å²) in [5.74, 6) is 0. The van der Waals surface area contributed by atoms with Crippen molar-refractivity contribution in [2.24, 2.45) is 0 Å². The molecule has 0 saturated carbocycles. The van der Waals surface area contributed by atoms with E-state index in [1.807, 2.05) is 127 Å². The van der Waals surface area contributed by atoms with Gasteiger partial charge >= 0.3 is 0 Å². The lowest BCUT2D eigenvalue weighted by Crippen LogP contribution is -1.92. The third-order valence-electron chi connectivity index (χ3n) is 7.02. The lowest BCUT2D eigenvalue weighted by Gasteiger charge is -2.03. The van der Waals surface area contributed by atoms with Crippen molar-refractivity contribution in [2.75, 3.05) is 34.4 Å². The van der Waals surface area contributed by atoms with Crippen LogP contribution in [0.3, 0.4) is 0 Å². The molecule has 0 aliphatic heterocycles. The van der Waals surface area contributed by atoms with Gasteiger partial charge in [0.05, 0.1) is 0 Å². The van der Waals surface area contributed by atoms with Crippen molar-refractivity contribution in [3.63, 3.8) is 0 Å². The van der Waals surface area contributed by atoms with Crippen LogP contribution in [0.15, 0.2) is 146 Å². The highest BCUT2D eigenvalue weighted by atomic mass is 14.6. The molecule has 0 heterocycles. The molecule has 6 rings (SSSR count). The molecule has 0 spiro atoms. The van der Waals surface area contributed by atoms with Crippen molar-refractivity contribution in [2.45, 2.75) is 19.3 Å². The molecular formula is C39H42N6. The molecule has 12 N–H and O–H groups in total. The van der Waals surface area contributed by atoms with E-state index >= 15 is 0 Å². The van der Waals surface area contributed by atoms with Crippen LogP contribution in [0.1, 0.15) is 33.4 Å². The Labute approximate surface area is 266 Å². The average molecular weight is 595 g/mol. The van der Waals surface area contributed by atoms with E-state index in [0.29, 0.717) is 0 Å². The molecule has 0 unspecified atom stereocenters. The Bertz CT molecular complexity index is 1680. The molecule has 0 radical (unpaired) electrons. The van der Waals surface area contributed by atoms with Gasteiger partial charge in [-0.25, -0.2) is 0 Å². The first-order chi connectivity index (χ1) is 21.7. The summed E-state index contributed by atoms with van der Waals surface area (Å²) in [5.41, 5.74) is 46.2. The minimum atomic E-state index is 0.798. The second kappa shape index (κ2) is 16.1. The first-order valence-electron chi connectivity index (χ1n) is 14.8. The van der Waals surface area contributed by atoms with E-state index in [1.165, 1.54) is 33.4 Å². The van der Waals surface area contributed by atoms with Crippen molar-refractivity contribution in [3.05, 3.63) is 179 Å². The number of hydrogen-bond acceptors (Lipinski definition) is 6. The predicted molar refractivity (Wildman–Crippen MR) is 194 cm³/mol. The summed E-state index contributed by atoms with van der Waals surface area (Å²) < 4.78 is 0. The van der Waals surface area contributed by atoms with E-state index in [0.717, 1.165) is 53.4 Å². The van der Waals surface area contributed by atoms with E-state index in [4.69, 9.17) is 34.4 Å². The van der Waals surface area contributed by atoms with Crippen molar-refractivity contribution in [3.8, 4) is 0 Å². The van der Waals surface area contributed by atoms with Gasteiger partial charge in [-0.05, 0) is 125 Å². The number of hydrogen-bond donors (Lipinski definition) is 6. The van der Waals surface area contributed by atoms with Gasteiger partial charge in [0.15, 0.2) is 0 Å². The quantitative estimate of drug-likeness (QED) is 0.111. The largest absolute Gasteiger partial charge is 0.399 e. The Morgan fingerprint density at radius 2 is 0.489 bits per heavy atom. The zero-order valence-electron chi connectivity index (χ0n) is 25.4. The van der Waals surface area contributed by atoms with Crippen molar-refractivity contribution < 1.29 is 0 Å². The Kier molecular flexibility index (Phi) is 11.5. The maximum atomic E-state index is 5.72. The third-order valence-corrected chi connectivity index (χ3v) is 7.02. The molecule has 0 atom stereocenters. The van der Waals surface area contributed by atoms with Crippen LogP contribution < -0.4 is 34.4 Å². The lowest BCUT2D eigenvalue weighted by molar-refractivity contribution is 1.19. The highest BCUT2D eigenvalue weighted by molar-refractivity contribution is 5.47. The van der Waals surface area contributed by atoms with Gasteiger partial charge in [0.1, 0.15) is 0 Å². The fourth-order valence-electron chi connectivity index (χ4n) is 4.72. The fraction of sp³-hybridized carbons (Fsp3) is 0.0769. The second-order valence-electron chi connectivity index (χ2n) is 11.0. The zero-order chi connectivity index (χ0) is 32.0. The summed E-state index contributed by atoms with van der Waals surface area (Å²) in [4.78, 5) is 0. The number of anilines is 6. The van der Waals surface area contributed by atoms with Crippen molar-refractivity contribution in [1.82, 2.24) is 0 Å². The first-order valence-corrected chi connectivity index (χ1v) is 14.8. The average Bonchev–Trinajstić information content (AvgIpc) is 3.01. The fourth-order valence-corrected chi connectivity index (χ4v) is 4.72. The van der Waals surface area contributed by atoms with Crippen LogP contribution in [-0.4, -0.2) is 0 Å². The van der Waals surface area contributed by atoms with Gasteiger partial charge in [0, 0.05) is 34.1 Å². The van der Waals surface area contributed by atoms with Gasteiger partial charge in [0.25, 0.3) is 0 Å². The third kappa shape index (κ3) is 11.4. The van der Waals surface area contributed by atoms with E-state index in [9.17, 15) is 0 Å². The van der Waals surface area contributed by atoms with Crippen LogP contribution in [0.2, 0.25) is 0 Å². The summed E-state index contributed by atoms with van der Waals surface area (Å²) in [6.45, 7) is 0. The smallest absolute Gasteiger partial charge is 0.0316 e. The van der Waals surface area contributed by atoms with Crippen LogP contribution in [0.5, 0.6) is 0 Å². The van der Waals surface area contributed by atoms with Gasteiger partial charge in [0.2, 0.25) is 0 Å². The molecule has 6 aromatic rings. The van der Waals surface area contributed by atoms with E-state index in [-0.39, 0.29) is 0 Å². The molecule has 0 bridgehead atoms. The molecule has 0 aliphatic rings. The number of benzene rings is 6. The van der Waals surface area contributed by atoms with Crippen LogP contribution in [0.25, 0.3) is 0 Å². The van der Waals surface area contributed by atoms with Gasteiger partial charge < -0.3 is 34.4 Å². The monoisotopic (exact) mass is 594 g/mol. The van der Waals surface area contributed by atoms with Gasteiger partial charge in [-0.15, -0.1) is 0 Å². The molecule has 0 aromatic heterocycles. The predicted octanol–water partition coefficient (Wildman–Crippen LogP) is 7.33. The summed E-state index contributed by atoms with van der Waals surface area (Å²) in [6.07, 6.45) is 2.68. The maximum Gasteiger partial charge on any atom is 0.0316 e. The summed E-state index contributed by atoms with van der Waals surface area (Å²) in [6, 6.07) is 47.6. The molecule has 0 aliphatic carbocycles. The highest BCUT2D eigenvalue weighted by Gasteiger charge is 1.99. The molecule has 0 fully saturated rings. The topological polar surface area (TPSA) is 156 Å². The SMILES string of the molecule is Nc1ccc(Cc2ccc(N)cc2)cc1.Nc1ccc(Cc2cccc(N)c2)cc1.Nc1cccc(Cc2cccc(N)c2)c1. The normalized spacial score (nSPS) is 10.1. The zero-order valence-corrected chi connectivity index (χ0v) is 25.4. The van der Waals surface area contributed by atoms with Gasteiger partial charge in [-0.1, -0.05) is 72.8 Å². The molecule has 6 heteroatoms. The Hall–Kier alpha value is -5.88. The van der Waals surface area contributed by atoms with Gasteiger partial charge in [-0.3, -0.25) is 0 Å². The minimum absolute atomic E-state index is 0.798. The van der Waals surface area contributed by atoms with Crippen LogP contribution >= 0.6 is 0 Å². The molecule has 45 heavy (non-hydrogen) atoms. The summed E-state index contributed by atoms with van der Waals surface area (Å²) >= 11 is 0. The van der Waals surface area contributed by atoms with E-state index in [2.05, 4.69) is 18.2 Å². The van der Waals surface area contributed by atoms with E-state index in [1.54, 1.807) is 0 Å². The molecule has 6 nitrogen and oxygen atoms in total. The Morgan fingerprint density at radius 1 is 0.244 bits per heavy atom. The molecular weight excluding hydrogens is 552 g/mol. The lowest BCUT2D eigenvalue weighted by atomic mass is 10.0. The maximum absolute atomic E-state index is 5.72. The number of rotatable bonds is 6. The molecule has 0 saturated heterocycles. The summed E-state index contributed by atoms with van der Waals surface area (Å²) in [7, 11) is 0. The van der Waals surface area contributed by atoms with Crippen molar-refractivity contribution in [1.29, 1.82) is 0 Å². The molecule has 228 valence electrons. The standard InChI is InChI=1S/3C13H14N2/c14-12-5-1-10(2-6-12)9-11-3-7-13(15)8-4-11;14-12-5-1-3-10(8-12)7-11-4-2-6-13(15)9-11;14-12-6-4-10(5-7-12)8-11-2-1-3-13(15)9-11/h1-8H,9,14-15H2;1-6,8-9H,7,14-15H2;1-7,9H,8,14-15H2. The number of nitrogens with two attached hydrogens (primary N) is 6. The van der Waals surface area contributed by atoms with Gasteiger partial charge in [-0.2, -0.15) is 0 Å². The number of nitrogen functional groups attached to an aromatic ring is 6. The first kappa shape index (κ1) is 32.0. The Balaban J connectivity index is 0.000000154. The van der Waals surface area contributed by atoms with E-state index < -0.39 is 0 Å². The Morgan fingerprint density at radius 3 is 0.756 bits per heavy atom. The second-order valence-corrected chi connectivity index (χ2v) is 11.0.